The quantitative estimate of drug-likeness (QED) is 0.434. The Hall–Kier alpha value is -0.570. The molecule has 1 unspecified atom stereocenters. The summed E-state index contributed by atoms with van der Waals surface area (Å²) in [5, 5.41) is 3.37. The fourth-order valence-corrected chi connectivity index (χ4v) is 0.908. The van der Waals surface area contributed by atoms with E-state index in [0.717, 1.165) is 6.54 Å². The lowest BCUT2D eigenvalue weighted by Crippen LogP contribution is -2.25. The molecule has 1 N–H and O–H groups in total. The van der Waals surface area contributed by atoms with Crippen molar-refractivity contribution in [3.63, 3.8) is 0 Å². The Balaban J connectivity index is 2.65. The predicted octanol–water partition coefficient (Wildman–Crippen LogP) is 0.836. The normalized spacial score (nSPS) is 33.2. The molecular formula is C6H9NOS. The first-order valence-corrected chi connectivity index (χ1v) is 3.17. The van der Waals surface area contributed by atoms with Crippen LogP contribution < -0.4 is 5.32 Å². The Morgan fingerprint density at radius 1 is 2.00 bits per heavy atom. The lowest BCUT2D eigenvalue weighted by atomic mass is 10.1. The Kier molecular flexibility index (Phi) is 1.45. The zero-order valence-corrected chi connectivity index (χ0v) is 6.12. The lowest BCUT2D eigenvalue weighted by molar-refractivity contribution is 0.173. The largest absolute Gasteiger partial charge is 0.459 e. The molecule has 1 aliphatic heterocycles. The minimum Gasteiger partial charge on any atom is -0.459 e. The van der Waals surface area contributed by atoms with Crippen LogP contribution in [0, 0.1) is 0 Å². The number of nitrogens with one attached hydrogen (secondary N) is 1. The number of hydrogen-bond acceptors (Lipinski definition) is 2. The Bertz CT molecular complexity index is 157. The number of hydrogen-bond donors (Lipinski definition) is 1. The van der Waals surface area contributed by atoms with Gasteiger partial charge in [-0.15, -0.1) is 0 Å². The molecule has 0 aromatic heterocycles. The number of thiocarbonyl (C=S) groups is 1. The highest BCUT2D eigenvalue weighted by Gasteiger charge is 2.29. The maximum atomic E-state index is 5.20. The van der Waals surface area contributed by atoms with E-state index in [1.54, 1.807) is 6.08 Å². The molecule has 1 atom stereocenters. The van der Waals surface area contributed by atoms with Gasteiger partial charge in [0, 0.05) is 0 Å². The first-order valence-electron chi connectivity index (χ1n) is 2.77. The number of rotatable bonds is 1. The van der Waals surface area contributed by atoms with E-state index < -0.39 is 0 Å². The average molecular weight is 143 g/mol. The van der Waals surface area contributed by atoms with E-state index in [9.17, 15) is 0 Å². The van der Waals surface area contributed by atoms with Gasteiger partial charge in [0.05, 0.1) is 6.54 Å². The van der Waals surface area contributed by atoms with Crippen LogP contribution in [0.5, 0.6) is 0 Å². The zero-order chi connectivity index (χ0) is 6.91. The van der Waals surface area contributed by atoms with Crippen molar-refractivity contribution in [2.75, 3.05) is 6.54 Å². The van der Waals surface area contributed by atoms with Gasteiger partial charge in [-0.2, -0.15) is 0 Å². The molecule has 0 bridgehead atoms. The van der Waals surface area contributed by atoms with Crippen LogP contribution >= 0.6 is 12.2 Å². The third kappa shape index (κ3) is 1.21. The molecule has 1 heterocycles. The molecule has 0 radical (unpaired) electrons. The molecule has 1 aliphatic rings. The third-order valence-corrected chi connectivity index (χ3v) is 1.57. The van der Waals surface area contributed by atoms with Crippen molar-refractivity contribution in [2.24, 2.45) is 0 Å². The highest BCUT2D eigenvalue weighted by atomic mass is 32.1. The van der Waals surface area contributed by atoms with Gasteiger partial charge in [-0.3, -0.25) is 0 Å². The summed E-state index contributed by atoms with van der Waals surface area (Å²) in [6.07, 6.45) is 1.75. The standard InChI is InChI=1S/C6H9NOS/c1-3-6(2)4-7-5(9)8-6/h3H,1,4H2,2H3,(H,7,9). The highest BCUT2D eigenvalue weighted by molar-refractivity contribution is 7.80. The van der Waals surface area contributed by atoms with E-state index in [2.05, 4.69) is 11.9 Å². The average Bonchev–Trinajstić information content (AvgIpc) is 2.13. The van der Waals surface area contributed by atoms with E-state index in [4.69, 9.17) is 17.0 Å². The first kappa shape index (κ1) is 6.55. The van der Waals surface area contributed by atoms with E-state index >= 15 is 0 Å². The molecule has 1 saturated heterocycles. The molecule has 0 spiro atoms. The minimum absolute atomic E-state index is 0.281. The molecule has 0 saturated carbocycles. The van der Waals surface area contributed by atoms with Gasteiger partial charge < -0.3 is 10.1 Å². The third-order valence-electron chi connectivity index (χ3n) is 1.34. The van der Waals surface area contributed by atoms with Gasteiger partial charge >= 0.3 is 0 Å². The topological polar surface area (TPSA) is 21.3 Å². The molecule has 9 heavy (non-hydrogen) atoms. The first-order chi connectivity index (χ1) is 4.16. The van der Waals surface area contributed by atoms with Crippen LogP contribution in [0.4, 0.5) is 0 Å². The second-order valence-electron chi connectivity index (χ2n) is 2.26. The van der Waals surface area contributed by atoms with Crippen LogP contribution in [-0.4, -0.2) is 17.3 Å². The van der Waals surface area contributed by atoms with Crippen LogP contribution in [0.15, 0.2) is 12.7 Å². The molecule has 1 fully saturated rings. The molecule has 0 aliphatic carbocycles. The van der Waals surface area contributed by atoms with Gasteiger partial charge in [0.15, 0.2) is 0 Å². The van der Waals surface area contributed by atoms with Crippen LogP contribution in [0.3, 0.4) is 0 Å². The number of ether oxygens (including phenoxy) is 1. The Morgan fingerprint density at radius 3 is 2.89 bits per heavy atom. The van der Waals surface area contributed by atoms with Crippen LogP contribution in [0.2, 0.25) is 0 Å². The molecule has 0 amide bonds. The van der Waals surface area contributed by atoms with Gasteiger partial charge in [0.25, 0.3) is 5.17 Å². The zero-order valence-electron chi connectivity index (χ0n) is 5.31. The molecule has 1 rings (SSSR count). The maximum absolute atomic E-state index is 5.20. The van der Waals surface area contributed by atoms with E-state index in [-0.39, 0.29) is 5.60 Å². The van der Waals surface area contributed by atoms with Crippen molar-refractivity contribution >= 4 is 17.4 Å². The molecule has 3 heteroatoms. The van der Waals surface area contributed by atoms with Crippen molar-refractivity contribution in [1.29, 1.82) is 0 Å². The van der Waals surface area contributed by atoms with Crippen molar-refractivity contribution in [3.05, 3.63) is 12.7 Å². The Labute approximate surface area is 59.9 Å². The van der Waals surface area contributed by atoms with Crippen molar-refractivity contribution < 1.29 is 4.74 Å². The molecular weight excluding hydrogens is 134 g/mol. The van der Waals surface area contributed by atoms with Gasteiger partial charge in [-0.05, 0) is 25.2 Å². The summed E-state index contributed by atoms with van der Waals surface area (Å²) in [5.41, 5.74) is -0.281. The van der Waals surface area contributed by atoms with E-state index in [1.807, 2.05) is 6.92 Å². The lowest BCUT2D eigenvalue weighted by Gasteiger charge is -2.14. The fourth-order valence-electron chi connectivity index (χ4n) is 0.645. The van der Waals surface area contributed by atoms with Gasteiger partial charge in [0.2, 0.25) is 0 Å². The van der Waals surface area contributed by atoms with Crippen molar-refractivity contribution in [2.45, 2.75) is 12.5 Å². The van der Waals surface area contributed by atoms with Crippen LogP contribution in [0.25, 0.3) is 0 Å². The van der Waals surface area contributed by atoms with E-state index in [1.165, 1.54) is 0 Å². The second kappa shape index (κ2) is 1.99. The predicted molar refractivity (Wildman–Crippen MR) is 40.3 cm³/mol. The summed E-state index contributed by atoms with van der Waals surface area (Å²) in [4.78, 5) is 0. The summed E-state index contributed by atoms with van der Waals surface area (Å²) in [7, 11) is 0. The molecule has 0 aromatic rings. The molecule has 2 nitrogen and oxygen atoms in total. The summed E-state index contributed by atoms with van der Waals surface area (Å²) in [6, 6.07) is 0. The van der Waals surface area contributed by atoms with Crippen LogP contribution in [0.1, 0.15) is 6.92 Å². The summed E-state index contributed by atoms with van der Waals surface area (Å²) < 4.78 is 5.20. The van der Waals surface area contributed by atoms with Gasteiger partial charge in [-0.25, -0.2) is 0 Å². The molecule has 50 valence electrons. The summed E-state index contributed by atoms with van der Waals surface area (Å²) in [5.74, 6) is 0. The smallest absolute Gasteiger partial charge is 0.257 e. The minimum atomic E-state index is -0.281. The van der Waals surface area contributed by atoms with Gasteiger partial charge in [-0.1, -0.05) is 6.58 Å². The van der Waals surface area contributed by atoms with Gasteiger partial charge in [0.1, 0.15) is 5.60 Å². The van der Waals surface area contributed by atoms with E-state index in [0.29, 0.717) is 5.17 Å². The highest BCUT2D eigenvalue weighted by Crippen LogP contribution is 2.15. The van der Waals surface area contributed by atoms with Crippen LogP contribution in [-0.2, 0) is 4.74 Å². The maximum Gasteiger partial charge on any atom is 0.257 e. The second-order valence-corrected chi connectivity index (χ2v) is 2.63. The van der Waals surface area contributed by atoms with Crippen molar-refractivity contribution in [3.8, 4) is 0 Å². The van der Waals surface area contributed by atoms with Crippen molar-refractivity contribution in [1.82, 2.24) is 5.32 Å². The summed E-state index contributed by atoms with van der Waals surface area (Å²) >= 11 is 4.75. The fraction of sp³-hybridized carbons (Fsp3) is 0.500. The summed E-state index contributed by atoms with van der Waals surface area (Å²) in [6.45, 7) is 6.29. The SMILES string of the molecule is C=CC1(C)CNC(=S)O1. The Morgan fingerprint density at radius 2 is 2.67 bits per heavy atom. The molecule has 0 aromatic carbocycles. The monoisotopic (exact) mass is 143 g/mol.